The fourth-order valence-electron chi connectivity index (χ4n) is 4.29. The molecule has 6 rings (SSSR count). The third-order valence-corrected chi connectivity index (χ3v) is 6.26. The summed E-state index contributed by atoms with van der Waals surface area (Å²) in [7, 11) is 2.95. The quantitative estimate of drug-likeness (QED) is 0.240. The van der Waals surface area contributed by atoms with Gasteiger partial charge < -0.3 is 20.9 Å². The van der Waals surface area contributed by atoms with Gasteiger partial charge in [0.1, 0.15) is 45.9 Å². The van der Waals surface area contributed by atoms with Crippen molar-refractivity contribution in [3.63, 3.8) is 0 Å². The van der Waals surface area contributed by atoms with Gasteiger partial charge in [0.25, 0.3) is 0 Å². The summed E-state index contributed by atoms with van der Waals surface area (Å²) in [5.74, 6) is 0.0659. The van der Waals surface area contributed by atoms with Crippen molar-refractivity contribution in [1.82, 2.24) is 30.4 Å². The first kappa shape index (κ1) is 29.5. The number of rotatable bonds is 6. The molecular weight excluding hydrogens is 566 g/mol. The van der Waals surface area contributed by atoms with Crippen LogP contribution < -0.4 is 20.9 Å². The average Bonchev–Trinajstić information content (AvgIpc) is 3.05. The molecule has 0 unspecified atom stereocenters. The number of aromatic nitrogens is 6. The molecular formula is C32H26F2N8O2. The van der Waals surface area contributed by atoms with E-state index in [9.17, 15) is 8.78 Å². The van der Waals surface area contributed by atoms with Crippen molar-refractivity contribution in [2.75, 3.05) is 25.7 Å². The second-order valence-corrected chi connectivity index (χ2v) is 9.23. The van der Waals surface area contributed by atoms with E-state index in [4.69, 9.17) is 20.9 Å². The maximum Gasteiger partial charge on any atom is 0.240 e. The molecule has 0 fully saturated rings. The predicted molar refractivity (Wildman–Crippen MR) is 163 cm³/mol. The number of halogens is 2. The Balaban J connectivity index is 0.000000175. The van der Waals surface area contributed by atoms with Gasteiger partial charge in [-0.15, -0.1) is 20.4 Å². The highest BCUT2D eigenvalue weighted by molar-refractivity contribution is 5.79. The van der Waals surface area contributed by atoms with E-state index in [2.05, 4.69) is 30.4 Å². The molecule has 0 amide bonds. The molecule has 4 N–H and O–H groups in total. The molecule has 220 valence electrons. The predicted octanol–water partition coefficient (Wildman–Crippen LogP) is 5.87. The number of nitrogens with zero attached hydrogens (tertiary/aromatic N) is 6. The summed E-state index contributed by atoms with van der Waals surface area (Å²) in [5, 5.41) is 15.7. The van der Waals surface area contributed by atoms with Crippen LogP contribution in [0.2, 0.25) is 0 Å². The molecule has 12 heteroatoms. The van der Waals surface area contributed by atoms with Gasteiger partial charge in [0.05, 0.1) is 14.2 Å². The first-order chi connectivity index (χ1) is 21.3. The summed E-state index contributed by atoms with van der Waals surface area (Å²) in [6.07, 6.45) is 0. The normalized spacial score (nSPS) is 10.5. The van der Waals surface area contributed by atoms with Crippen LogP contribution in [0.1, 0.15) is 0 Å². The molecule has 2 heterocycles. The Morgan fingerprint density at radius 2 is 0.864 bits per heavy atom. The van der Waals surface area contributed by atoms with E-state index < -0.39 is 11.6 Å². The van der Waals surface area contributed by atoms with Crippen LogP contribution >= 0.6 is 0 Å². The van der Waals surface area contributed by atoms with Crippen LogP contribution in [0.25, 0.3) is 45.0 Å². The minimum Gasteiger partial charge on any atom is -0.497 e. The number of ether oxygens (including phenoxy) is 2. The molecule has 0 aliphatic heterocycles. The summed E-state index contributed by atoms with van der Waals surface area (Å²) in [5.41, 5.74) is 16.0. The van der Waals surface area contributed by atoms with Gasteiger partial charge in [0.15, 0.2) is 0 Å². The number of nitrogens with two attached hydrogens (primary N) is 2. The number of methoxy groups -OCH3 is 2. The molecule has 0 aliphatic rings. The summed E-state index contributed by atoms with van der Waals surface area (Å²) in [6.45, 7) is 0. The number of benzene rings is 4. The summed E-state index contributed by atoms with van der Waals surface area (Å²) in [4.78, 5) is 8.49. The minimum absolute atomic E-state index is 0.0611. The standard InChI is InChI=1S/2C16H13FN4O/c2*1-22-13-8-11(7-12(17)9-13)15-14(19-16(18)21-20-15)10-5-3-2-4-6-10/h2*2-9H,1H3,(H2,18,19,21). The van der Waals surface area contributed by atoms with E-state index in [1.807, 2.05) is 60.7 Å². The van der Waals surface area contributed by atoms with Crippen LogP contribution in [0.4, 0.5) is 20.7 Å². The maximum absolute atomic E-state index is 13.7. The topological polar surface area (TPSA) is 148 Å². The SMILES string of the molecule is COc1cc(F)cc(-c2nnc(N)nc2-c2ccccc2)c1.COc1cc(F)cc(-c2nnc(N)nc2-c2ccccc2)c1. The van der Waals surface area contributed by atoms with Gasteiger partial charge in [-0.25, -0.2) is 18.7 Å². The van der Waals surface area contributed by atoms with Gasteiger partial charge in [-0.3, -0.25) is 0 Å². The summed E-state index contributed by atoms with van der Waals surface area (Å²) >= 11 is 0. The van der Waals surface area contributed by atoms with Crippen molar-refractivity contribution in [3.8, 4) is 56.5 Å². The van der Waals surface area contributed by atoms with E-state index >= 15 is 0 Å². The van der Waals surface area contributed by atoms with Crippen molar-refractivity contribution in [3.05, 3.63) is 109 Å². The van der Waals surface area contributed by atoms with Crippen LogP contribution in [0.3, 0.4) is 0 Å². The van der Waals surface area contributed by atoms with Gasteiger partial charge >= 0.3 is 0 Å². The zero-order chi connectivity index (χ0) is 31.1. The van der Waals surface area contributed by atoms with Crippen molar-refractivity contribution >= 4 is 11.9 Å². The lowest BCUT2D eigenvalue weighted by Crippen LogP contribution is -2.02. The molecule has 0 radical (unpaired) electrons. The number of anilines is 2. The molecule has 0 spiro atoms. The lowest BCUT2D eigenvalue weighted by molar-refractivity contribution is 0.411. The minimum atomic E-state index is -0.424. The van der Waals surface area contributed by atoms with Gasteiger partial charge in [-0.1, -0.05) is 60.7 Å². The molecule has 4 aromatic carbocycles. The van der Waals surface area contributed by atoms with Crippen LogP contribution in [0.15, 0.2) is 97.1 Å². The summed E-state index contributed by atoms with van der Waals surface area (Å²) in [6, 6.07) is 27.5. The Labute approximate surface area is 251 Å². The third-order valence-electron chi connectivity index (χ3n) is 6.26. The monoisotopic (exact) mass is 592 g/mol. The highest BCUT2D eigenvalue weighted by Gasteiger charge is 2.16. The Morgan fingerprint density at radius 1 is 0.477 bits per heavy atom. The smallest absolute Gasteiger partial charge is 0.240 e. The van der Waals surface area contributed by atoms with Crippen LogP contribution in [0, 0.1) is 11.6 Å². The Morgan fingerprint density at radius 3 is 1.23 bits per heavy atom. The second kappa shape index (κ2) is 13.3. The lowest BCUT2D eigenvalue weighted by atomic mass is 10.0. The van der Waals surface area contributed by atoms with Crippen LogP contribution in [0.5, 0.6) is 11.5 Å². The molecule has 0 atom stereocenters. The zero-order valence-corrected chi connectivity index (χ0v) is 23.6. The number of nitrogen functional groups attached to an aromatic ring is 2. The molecule has 0 bridgehead atoms. The van der Waals surface area contributed by atoms with E-state index in [0.717, 1.165) is 11.1 Å². The van der Waals surface area contributed by atoms with Gasteiger partial charge in [0.2, 0.25) is 11.9 Å². The summed E-state index contributed by atoms with van der Waals surface area (Å²) < 4.78 is 37.7. The van der Waals surface area contributed by atoms with Gasteiger partial charge in [-0.05, 0) is 24.3 Å². The van der Waals surface area contributed by atoms with Crippen LogP contribution in [-0.2, 0) is 0 Å². The van der Waals surface area contributed by atoms with Crippen LogP contribution in [-0.4, -0.2) is 44.6 Å². The first-order valence-corrected chi connectivity index (χ1v) is 13.2. The van der Waals surface area contributed by atoms with E-state index in [-0.39, 0.29) is 11.9 Å². The molecule has 0 aliphatic carbocycles. The third kappa shape index (κ3) is 6.87. The number of hydrogen-bond acceptors (Lipinski definition) is 10. The lowest BCUT2D eigenvalue weighted by Gasteiger charge is -2.09. The molecule has 6 aromatic rings. The number of hydrogen-bond donors (Lipinski definition) is 2. The van der Waals surface area contributed by atoms with Crippen molar-refractivity contribution in [2.24, 2.45) is 0 Å². The zero-order valence-electron chi connectivity index (χ0n) is 23.6. The van der Waals surface area contributed by atoms with E-state index in [1.54, 1.807) is 12.1 Å². The molecule has 0 saturated heterocycles. The van der Waals surface area contributed by atoms with Gasteiger partial charge in [-0.2, -0.15) is 0 Å². The first-order valence-electron chi connectivity index (χ1n) is 13.2. The van der Waals surface area contributed by atoms with Gasteiger partial charge in [0, 0.05) is 34.4 Å². The van der Waals surface area contributed by atoms with Crippen molar-refractivity contribution < 1.29 is 18.3 Å². The highest BCUT2D eigenvalue weighted by atomic mass is 19.1. The largest absolute Gasteiger partial charge is 0.497 e. The molecule has 2 aromatic heterocycles. The highest BCUT2D eigenvalue weighted by Crippen LogP contribution is 2.32. The molecule has 10 nitrogen and oxygen atoms in total. The fraction of sp³-hybridized carbons (Fsp3) is 0.0625. The maximum atomic E-state index is 13.7. The Kier molecular flexibility index (Phi) is 8.90. The second-order valence-electron chi connectivity index (χ2n) is 9.23. The Hall–Kier alpha value is -6.04. The molecule has 44 heavy (non-hydrogen) atoms. The average molecular weight is 593 g/mol. The molecule has 0 saturated carbocycles. The van der Waals surface area contributed by atoms with Crippen molar-refractivity contribution in [2.45, 2.75) is 0 Å². The Bertz CT molecular complexity index is 1760. The van der Waals surface area contributed by atoms with Crippen molar-refractivity contribution in [1.29, 1.82) is 0 Å². The van der Waals surface area contributed by atoms with E-state index in [1.165, 1.54) is 38.5 Å². The van der Waals surface area contributed by atoms with E-state index in [0.29, 0.717) is 45.4 Å². The fourth-order valence-corrected chi connectivity index (χ4v) is 4.29.